The molecule has 0 aliphatic carbocycles. The quantitative estimate of drug-likeness (QED) is 0.164. The number of carboxylic acid groups (broad SMARTS) is 2. The Morgan fingerprint density at radius 1 is 0.639 bits per heavy atom. The zero-order valence-electron chi connectivity index (χ0n) is 23.9. The molecule has 0 saturated heterocycles. The van der Waals surface area contributed by atoms with E-state index < -0.39 is 23.8 Å². The van der Waals surface area contributed by atoms with Crippen LogP contribution < -0.4 is 0 Å². The van der Waals surface area contributed by atoms with Crippen molar-refractivity contribution < 1.29 is 19.8 Å². The summed E-state index contributed by atoms with van der Waals surface area (Å²) in [4.78, 5) is 24.7. The van der Waals surface area contributed by atoms with Crippen molar-refractivity contribution in [1.82, 2.24) is 0 Å². The average molecular weight is 503 g/mol. The second kappa shape index (κ2) is 18.4. The second-order valence-electron chi connectivity index (χ2n) is 11.6. The molecule has 2 atom stereocenters. The normalized spacial score (nSPS) is 13.3. The van der Waals surface area contributed by atoms with Crippen LogP contribution >= 0.6 is 0 Å². The molecule has 0 heterocycles. The Balaban J connectivity index is 3.06. The summed E-state index contributed by atoms with van der Waals surface area (Å²) in [6.07, 6.45) is 15.7. The lowest BCUT2D eigenvalue weighted by atomic mass is 9.81. The van der Waals surface area contributed by atoms with Gasteiger partial charge >= 0.3 is 11.9 Å². The molecule has 0 amide bonds. The Hall–Kier alpha value is -1.84. The van der Waals surface area contributed by atoms with E-state index in [2.05, 4.69) is 34.6 Å². The Morgan fingerprint density at radius 2 is 1.11 bits per heavy atom. The largest absolute Gasteiger partial charge is 0.481 e. The van der Waals surface area contributed by atoms with Gasteiger partial charge in [-0.25, -0.2) is 0 Å². The third-order valence-corrected chi connectivity index (χ3v) is 7.37. The minimum absolute atomic E-state index is 0.523. The summed E-state index contributed by atoms with van der Waals surface area (Å²) in [5, 5.41) is 20.2. The highest BCUT2D eigenvalue weighted by Crippen LogP contribution is 2.35. The van der Waals surface area contributed by atoms with Gasteiger partial charge in [0.2, 0.25) is 0 Å². The highest BCUT2D eigenvalue weighted by Gasteiger charge is 2.29. The monoisotopic (exact) mass is 502 g/mol. The summed E-state index contributed by atoms with van der Waals surface area (Å²) in [5.74, 6) is -1.93. The predicted molar refractivity (Wildman–Crippen MR) is 151 cm³/mol. The number of carboxylic acids is 2. The first kappa shape index (κ1) is 32.2. The van der Waals surface area contributed by atoms with Gasteiger partial charge in [-0.1, -0.05) is 123 Å². The summed E-state index contributed by atoms with van der Waals surface area (Å²) in [7, 11) is 0. The van der Waals surface area contributed by atoms with E-state index in [1.54, 1.807) is 0 Å². The zero-order valence-corrected chi connectivity index (χ0v) is 23.9. The number of unbranched alkanes of at least 4 members (excludes halogenated alkanes) is 7. The summed E-state index contributed by atoms with van der Waals surface area (Å²) in [6, 6.07) is 6.01. The predicted octanol–water partition coefficient (Wildman–Crippen LogP) is 9.36. The molecule has 1 aromatic rings. The van der Waals surface area contributed by atoms with Crippen LogP contribution in [0.4, 0.5) is 0 Å². The molecule has 206 valence electrons. The number of hydrogen-bond donors (Lipinski definition) is 2. The Bertz CT molecular complexity index is 753. The smallest absolute Gasteiger partial charge is 0.310 e. The Kier molecular flexibility index (Phi) is 16.5. The van der Waals surface area contributed by atoms with Crippen molar-refractivity contribution >= 4 is 11.9 Å². The zero-order chi connectivity index (χ0) is 26.9. The Morgan fingerprint density at radius 3 is 1.58 bits per heavy atom. The third-order valence-electron chi connectivity index (χ3n) is 7.37. The third kappa shape index (κ3) is 12.9. The van der Waals surface area contributed by atoms with E-state index in [0.717, 1.165) is 49.7 Å². The van der Waals surface area contributed by atoms with Gasteiger partial charge in [0.15, 0.2) is 0 Å². The van der Waals surface area contributed by atoms with Crippen LogP contribution in [0.15, 0.2) is 18.2 Å². The number of aryl methyl sites for hydroxylation is 1. The maximum absolute atomic E-state index is 12.4. The molecule has 36 heavy (non-hydrogen) atoms. The molecule has 0 aliphatic heterocycles. The first-order valence-corrected chi connectivity index (χ1v) is 14.8. The van der Waals surface area contributed by atoms with Crippen LogP contribution in [0.1, 0.15) is 153 Å². The fourth-order valence-corrected chi connectivity index (χ4v) is 5.15. The SMILES string of the molecule is CCCCCCCCCCc1ccc(C(CCCC(C)C)C(=O)O)c(C(CCCC(C)C)C(=O)O)c1. The molecule has 1 rings (SSSR count). The molecule has 4 heteroatoms. The molecule has 2 N–H and O–H groups in total. The molecule has 0 spiro atoms. The van der Waals surface area contributed by atoms with Crippen molar-refractivity contribution in [3.63, 3.8) is 0 Å². The second-order valence-corrected chi connectivity index (χ2v) is 11.6. The summed E-state index contributed by atoms with van der Waals surface area (Å²) in [5.41, 5.74) is 2.59. The first-order chi connectivity index (χ1) is 17.2. The van der Waals surface area contributed by atoms with E-state index in [1.807, 2.05) is 18.2 Å². The number of benzene rings is 1. The van der Waals surface area contributed by atoms with Crippen LogP contribution in [0, 0.1) is 11.8 Å². The molecule has 0 aliphatic rings. The van der Waals surface area contributed by atoms with Gasteiger partial charge in [-0.15, -0.1) is 0 Å². The first-order valence-electron chi connectivity index (χ1n) is 14.8. The van der Waals surface area contributed by atoms with E-state index in [9.17, 15) is 19.8 Å². The van der Waals surface area contributed by atoms with Gasteiger partial charge < -0.3 is 10.2 Å². The van der Waals surface area contributed by atoms with Crippen LogP contribution in [0.25, 0.3) is 0 Å². The van der Waals surface area contributed by atoms with Gasteiger partial charge in [0.1, 0.15) is 0 Å². The van der Waals surface area contributed by atoms with Crippen LogP contribution in [0.3, 0.4) is 0 Å². The fraction of sp³-hybridized carbons (Fsp3) is 0.750. The van der Waals surface area contributed by atoms with Crippen molar-refractivity contribution in [3.8, 4) is 0 Å². The van der Waals surface area contributed by atoms with Crippen molar-refractivity contribution in [1.29, 1.82) is 0 Å². The molecule has 0 radical (unpaired) electrons. The summed E-state index contributed by atoms with van der Waals surface area (Å²) in [6.45, 7) is 10.8. The van der Waals surface area contributed by atoms with Crippen LogP contribution in [0.2, 0.25) is 0 Å². The number of aliphatic carboxylic acids is 2. The van der Waals surface area contributed by atoms with Crippen LogP contribution in [-0.4, -0.2) is 22.2 Å². The molecule has 4 nitrogen and oxygen atoms in total. The summed E-state index contributed by atoms with van der Waals surface area (Å²) >= 11 is 0. The summed E-state index contributed by atoms with van der Waals surface area (Å²) < 4.78 is 0. The molecule has 0 aromatic heterocycles. The van der Waals surface area contributed by atoms with Crippen molar-refractivity contribution in [3.05, 3.63) is 34.9 Å². The highest BCUT2D eigenvalue weighted by atomic mass is 16.4. The molecule has 0 bridgehead atoms. The Labute approximate surface area is 221 Å². The number of hydrogen-bond acceptors (Lipinski definition) is 2. The van der Waals surface area contributed by atoms with Crippen molar-refractivity contribution in [2.45, 2.75) is 143 Å². The van der Waals surface area contributed by atoms with Gasteiger partial charge in [-0.2, -0.15) is 0 Å². The minimum Gasteiger partial charge on any atom is -0.481 e. The molecular formula is C32H54O4. The van der Waals surface area contributed by atoms with E-state index >= 15 is 0 Å². The maximum Gasteiger partial charge on any atom is 0.310 e. The van der Waals surface area contributed by atoms with Gasteiger partial charge in [0.05, 0.1) is 11.8 Å². The lowest BCUT2D eigenvalue weighted by molar-refractivity contribution is -0.140. The lowest BCUT2D eigenvalue weighted by Crippen LogP contribution is -2.19. The highest BCUT2D eigenvalue weighted by molar-refractivity contribution is 5.80. The lowest BCUT2D eigenvalue weighted by Gasteiger charge is -2.23. The topological polar surface area (TPSA) is 74.6 Å². The average Bonchev–Trinajstić information content (AvgIpc) is 2.81. The van der Waals surface area contributed by atoms with Gasteiger partial charge in [0.25, 0.3) is 0 Å². The van der Waals surface area contributed by atoms with Crippen LogP contribution in [-0.2, 0) is 16.0 Å². The van der Waals surface area contributed by atoms with Gasteiger partial charge in [-0.3, -0.25) is 9.59 Å². The van der Waals surface area contributed by atoms with Gasteiger partial charge in [-0.05, 0) is 54.2 Å². The van der Waals surface area contributed by atoms with Crippen molar-refractivity contribution in [2.24, 2.45) is 11.8 Å². The maximum atomic E-state index is 12.4. The molecular weight excluding hydrogens is 448 g/mol. The number of carbonyl (C=O) groups is 2. The van der Waals surface area contributed by atoms with E-state index in [0.29, 0.717) is 30.2 Å². The molecule has 0 saturated carbocycles. The molecule has 0 fully saturated rings. The molecule has 2 unspecified atom stereocenters. The van der Waals surface area contributed by atoms with E-state index in [1.165, 1.54) is 44.9 Å². The minimum atomic E-state index is -0.845. The van der Waals surface area contributed by atoms with Crippen LogP contribution in [0.5, 0.6) is 0 Å². The standard InChI is InChI=1S/C32H54O4/c1-6-7-8-9-10-11-12-13-18-26-21-22-27(28(31(33)34)19-14-16-24(2)3)30(23-26)29(32(35)36)20-15-17-25(4)5/h21-25,28-29H,6-20H2,1-5H3,(H,33,34)(H,35,36). The van der Waals surface area contributed by atoms with Gasteiger partial charge in [0, 0.05) is 0 Å². The number of rotatable bonds is 21. The van der Waals surface area contributed by atoms with E-state index in [-0.39, 0.29) is 0 Å². The van der Waals surface area contributed by atoms with E-state index in [4.69, 9.17) is 0 Å². The molecule has 1 aromatic carbocycles. The fourth-order valence-electron chi connectivity index (χ4n) is 5.15. The van der Waals surface area contributed by atoms with Crippen molar-refractivity contribution in [2.75, 3.05) is 0 Å².